The van der Waals surface area contributed by atoms with Gasteiger partial charge in [-0.25, -0.2) is 9.97 Å². The third-order valence-electron chi connectivity index (χ3n) is 11.3. The van der Waals surface area contributed by atoms with Gasteiger partial charge in [0, 0.05) is 24.1 Å². The van der Waals surface area contributed by atoms with Gasteiger partial charge in [-0.05, 0) is 74.2 Å². The molecule has 0 unspecified atom stereocenters. The van der Waals surface area contributed by atoms with Gasteiger partial charge in [-0.2, -0.15) is 23.8 Å². The summed E-state index contributed by atoms with van der Waals surface area (Å²) in [6.07, 6.45) is 7.76. The van der Waals surface area contributed by atoms with Crippen molar-refractivity contribution in [2.24, 2.45) is 0 Å². The molecule has 0 fully saturated rings. The van der Waals surface area contributed by atoms with Crippen LogP contribution in [0.5, 0.6) is 0 Å². The van der Waals surface area contributed by atoms with Crippen LogP contribution in [0, 0.1) is 6.07 Å². The van der Waals surface area contributed by atoms with E-state index in [4.69, 9.17) is 19.9 Å². The molecule has 0 aliphatic rings. The Bertz CT molecular complexity index is 2350. The zero-order valence-corrected chi connectivity index (χ0v) is 34.6. The van der Waals surface area contributed by atoms with Crippen molar-refractivity contribution in [3.63, 3.8) is 0 Å². The van der Waals surface area contributed by atoms with Gasteiger partial charge in [-0.15, -0.1) is 5.39 Å². The van der Waals surface area contributed by atoms with Crippen molar-refractivity contribution in [1.29, 1.82) is 0 Å². The van der Waals surface area contributed by atoms with E-state index in [-0.39, 0.29) is 31.9 Å². The number of nitrogens with zero attached hydrogens (tertiary/aromatic N) is 6. The van der Waals surface area contributed by atoms with Crippen LogP contribution < -0.4 is 4.98 Å². The third kappa shape index (κ3) is 6.17. The van der Waals surface area contributed by atoms with Crippen LogP contribution in [0.15, 0.2) is 91.5 Å². The maximum atomic E-state index is 5.22. The smallest absolute Gasteiger partial charge is 0.440 e. The minimum atomic E-state index is -0.403. The number of aromatic nitrogens is 6. The number of benzene rings is 3. The van der Waals surface area contributed by atoms with Crippen molar-refractivity contribution < 1.29 is 21.1 Å². The van der Waals surface area contributed by atoms with E-state index in [0.29, 0.717) is 17.7 Å². The molecule has 0 aliphatic heterocycles. The van der Waals surface area contributed by atoms with Crippen molar-refractivity contribution in [3.8, 4) is 23.2 Å². The van der Waals surface area contributed by atoms with Gasteiger partial charge in [0.2, 0.25) is 0 Å². The molecule has 7 rings (SSSR count). The Labute approximate surface area is 323 Å². The van der Waals surface area contributed by atoms with Crippen molar-refractivity contribution in [2.75, 3.05) is 0 Å². The third-order valence-corrected chi connectivity index (χ3v) is 11.3. The molecule has 0 bridgehead atoms. The molecule has 6 nitrogen and oxygen atoms in total. The van der Waals surface area contributed by atoms with Crippen LogP contribution in [-0.4, -0.2) is 24.1 Å². The predicted molar refractivity (Wildman–Crippen MR) is 210 cm³/mol. The molecule has 0 spiro atoms. The molecule has 7 aromatic rings. The van der Waals surface area contributed by atoms with E-state index >= 15 is 0 Å². The topological polar surface area (TPSA) is 62.6 Å². The van der Waals surface area contributed by atoms with E-state index in [0.717, 1.165) is 39.3 Å². The quantitative estimate of drug-likeness (QED) is 0.143. The van der Waals surface area contributed by atoms with Crippen LogP contribution in [0.4, 0.5) is 0 Å². The number of pyridine rings is 1. The average Bonchev–Trinajstić information content (AvgIpc) is 3.85. The van der Waals surface area contributed by atoms with E-state index in [9.17, 15) is 0 Å². The molecule has 7 heteroatoms. The molecule has 270 valence electrons. The number of fused-ring (bicyclic) bond motifs is 3. The number of para-hydroxylation sites is 2. The Hall–Kier alpha value is -4.28. The van der Waals surface area contributed by atoms with Crippen LogP contribution in [-0.2, 0) is 37.3 Å². The summed E-state index contributed by atoms with van der Waals surface area (Å²) < 4.78 is 4.46. The maximum absolute atomic E-state index is 5.22. The molecular weight excluding hydrogens is 820 g/mol. The van der Waals surface area contributed by atoms with Gasteiger partial charge in [-0.3, -0.25) is 4.57 Å². The Morgan fingerprint density at radius 3 is 2.08 bits per heavy atom. The largest absolute Gasteiger partial charge is 2.00 e. The summed E-state index contributed by atoms with van der Waals surface area (Å²) in [5.41, 5.74) is 8.42. The molecule has 0 amide bonds. The van der Waals surface area contributed by atoms with Crippen molar-refractivity contribution in [2.45, 2.75) is 104 Å². The van der Waals surface area contributed by atoms with Crippen LogP contribution in [0.2, 0.25) is 0 Å². The first-order chi connectivity index (χ1) is 24.1. The van der Waals surface area contributed by atoms with Gasteiger partial charge in [0.1, 0.15) is 11.6 Å². The average molecular weight is 870 g/mol. The van der Waals surface area contributed by atoms with Gasteiger partial charge >= 0.3 is 21.1 Å². The molecule has 0 aliphatic carbocycles. The summed E-state index contributed by atoms with van der Waals surface area (Å²) in [6.45, 7) is 24.8. The number of hydrogen-bond donors (Lipinski definition) is 0. The molecule has 0 N–H and O–H groups in total. The molecule has 0 atom stereocenters. The fraction of sp³-hybridized carbons (Fsp3) is 0.356. The zero-order valence-electron chi connectivity index (χ0n) is 32.3. The second-order valence-electron chi connectivity index (χ2n) is 16.7. The normalized spacial score (nSPS) is 12.7. The van der Waals surface area contributed by atoms with E-state index < -0.39 is 5.41 Å². The Balaban J connectivity index is 0.00000464. The van der Waals surface area contributed by atoms with Gasteiger partial charge in [-0.1, -0.05) is 130 Å². The first kappa shape index (κ1) is 37.5. The number of rotatable bonds is 8. The zero-order chi connectivity index (χ0) is 36.5. The standard InChI is InChI=1S/C45H50N6.Pt/c1-28(2)32-16-14-17-33(29(3)4)40(32)50-24-23-47-42(50)41-48-27-38(49-41)45(10,11)44(8,9)31-19-20-35-34-15-12-13-18-36(34)51(37(35)25-31)39-26-30(21-22-46-39)43(5,6)7;/h12-24,26-29H,1-11H3;/q-2;+2. The first-order valence-electron chi connectivity index (χ1n) is 18.2. The van der Waals surface area contributed by atoms with E-state index in [1.54, 1.807) is 0 Å². The summed E-state index contributed by atoms with van der Waals surface area (Å²) in [5.74, 6) is 3.01. The van der Waals surface area contributed by atoms with Crippen LogP contribution in [0.1, 0.15) is 116 Å². The first-order valence-corrected chi connectivity index (χ1v) is 18.2. The van der Waals surface area contributed by atoms with Crippen LogP contribution in [0.25, 0.3) is 45.0 Å². The second kappa shape index (κ2) is 13.6. The van der Waals surface area contributed by atoms with Crippen molar-refractivity contribution in [3.05, 3.63) is 126 Å². The fourth-order valence-corrected chi connectivity index (χ4v) is 7.30. The maximum Gasteiger partial charge on any atom is 2.00 e. The summed E-state index contributed by atoms with van der Waals surface area (Å²) in [6, 6.07) is 27.9. The molecule has 0 saturated carbocycles. The Morgan fingerprint density at radius 1 is 0.712 bits per heavy atom. The predicted octanol–water partition coefficient (Wildman–Crippen LogP) is 11.0. The molecule has 0 radical (unpaired) electrons. The van der Waals surface area contributed by atoms with E-state index in [1.807, 2.05) is 24.8 Å². The van der Waals surface area contributed by atoms with Crippen LogP contribution in [0.3, 0.4) is 0 Å². The minimum absolute atomic E-state index is 0. The van der Waals surface area contributed by atoms with Crippen LogP contribution >= 0.6 is 0 Å². The van der Waals surface area contributed by atoms with Gasteiger partial charge in [0.05, 0.1) is 5.69 Å². The minimum Gasteiger partial charge on any atom is -0.440 e. The molecule has 4 heterocycles. The van der Waals surface area contributed by atoms with Crippen molar-refractivity contribution >= 4 is 21.8 Å². The summed E-state index contributed by atoms with van der Waals surface area (Å²) in [7, 11) is 0. The molecule has 4 aromatic heterocycles. The number of imidazole rings is 2. The molecule has 52 heavy (non-hydrogen) atoms. The van der Waals surface area contributed by atoms with Crippen molar-refractivity contribution in [1.82, 2.24) is 29.1 Å². The Kier molecular flexibility index (Phi) is 9.80. The van der Waals surface area contributed by atoms with E-state index in [2.05, 4.69) is 158 Å². The summed E-state index contributed by atoms with van der Waals surface area (Å²) in [5, 5.41) is 2.35. The van der Waals surface area contributed by atoms with Gasteiger partial charge in [0.15, 0.2) is 0 Å². The second-order valence-corrected chi connectivity index (χ2v) is 16.7. The fourth-order valence-electron chi connectivity index (χ4n) is 7.30. The Morgan fingerprint density at radius 2 is 1.40 bits per heavy atom. The summed E-state index contributed by atoms with van der Waals surface area (Å²) in [4.78, 5) is 19.8. The summed E-state index contributed by atoms with van der Waals surface area (Å²) >= 11 is 0. The van der Waals surface area contributed by atoms with Gasteiger partial charge in [0.25, 0.3) is 0 Å². The van der Waals surface area contributed by atoms with E-state index in [1.165, 1.54) is 27.8 Å². The monoisotopic (exact) mass is 869 g/mol. The van der Waals surface area contributed by atoms with Gasteiger partial charge < -0.3 is 14.5 Å². The SMILES string of the molecule is CC(C)c1cccc(C(C)C)c1-n1ccnc1-c1ncc(C(C)(C)C(C)(C)c2[c-]c3c(cc2)c2ccccc2n3-c2cc(C(C)(C)C)ccn2)[n-]1.[Pt+2]. The molecule has 0 saturated heterocycles. The number of hydrogen-bond acceptors (Lipinski definition) is 3. The molecule has 3 aromatic carbocycles. The molecular formula is C45H50N6Pt.